The number of nitrogens with one attached hydrogen (secondary N) is 1. The van der Waals surface area contributed by atoms with Crippen LogP contribution in [0.5, 0.6) is 5.75 Å². The van der Waals surface area contributed by atoms with E-state index in [0.717, 1.165) is 18.5 Å². The summed E-state index contributed by atoms with van der Waals surface area (Å²) >= 11 is 0. The molecule has 1 aromatic rings. The Bertz CT molecular complexity index is 376. The first-order chi connectivity index (χ1) is 7.70. The molecule has 1 fully saturated rings. The van der Waals surface area contributed by atoms with E-state index < -0.39 is 5.82 Å². The topological polar surface area (TPSA) is 47.3 Å². The molecule has 1 aliphatic rings. The largest absolute Gasteiger partial charge is 0.494 e. The highest BCUT2D eigenvalue weighted by molar-refractivity contribution is 5.69. The van der Waals surface area contributed by atoms with Gasteiger partial charge < -0.3 is 15.8 Å². The van der Waals surface area contributed by atoms with Gasteiger partial charge in [0.15, 0.2) is 11.6 Å². The van der Waals surface area contributed by atoms with Crippen LogP contribution in [0.2, 0.25) is 0 Å². The molecule has 1 aromatic carbocycles. The number of anilines is 2. The third-order valence-corrected chi connectivity index (χ3v) is 3.04. The molecule has 0 saturated heterocycles. The fourth-order valence-electron chi connectivity index (χ4n) is 2.14. The molecule has 0 heterocycles. The van der Waals surface area contributed by atoms with E-state index in [1.807, 2.05) is 0 Å². The zero-order chi connectivity index (χ0) is 11.5. The normalized spacial score (nSPS) is 16.4. The summed E-state index contributed by atoms with van der Waals surface area (Å²) < 4.78 is 18.2. The molecule has 3 N–H and O–H groups in total. The number of benzene rings is 1. The van der Waals surface area contributed by atoms with E-state index in [2.05, 4.69) is 5.32 Å². The molecule has 1 saturated carbocycles. The zero-order valence-corrected chi connectivity index (χ0v) is 9.42. The maximum absolute atomic E-state index is 13.3. The van der Waals surface area contributed by atoms with Gasteiger partial charge in [-0.2, -0.15) is 0 Å². The van der Waals surface area contributed by atoms with Gasteiger partial charge in [-0.1, -0.05) is 12.8 Å². The monoisotopic (exact) mass is 224 g/mol. The highest BCUT2D eigenvalue weighted by atomic mass is 19.1. The molecule has 16 heavy (non-hydrogen) atoms. The van der Waals surface area contributed by atoms with Crippen molar-refractivity contribution in [1.82, 2.24) is 0 Å². The highest BCUT2D eigenvalue weighted by Gasteiger charge is 2.16. The van der Waals surface area contributed by atoms with Crippen LogP contribution >= 0.6 is 0 Å². The van der Waals surface area contributed by atoms with Crippen LogP contribution in [0.3, 0.4) is 0 Å². The molecule has 0 amide bonds. The minimum Gasteiger partial charge on any atom is -0.494 e. The Kier molecular flexibility index (Phi) is 3.17. The van der Waals surface area contributed by atoms with Gasteiger partial charge >= 0.3 is 0 Å². The first-order valence-corrected chi connectivity index (χ1v) is 5.60. The minimum atomic E-state index is -0.419. The predicted molar refractivity (Wildman–Crippen MR) is 63.2 cm³/mol. The molecule has 0 bridgehead atoms. The smallest absolute Gasteiger partial charge is 0.167 e. The number of nitrogens with two attached hydrogens (primary N) is 1. The number of nitrogen functional groups attached to an aromatic ring is 1. The molecule has 0 aliphatic heterocycles. The first kappa shape index (κ1) is 11.0. The van der Waals surface area contributed by atoms with E-state index in [4.69, 9.17) is 10.5 Å². The summed E-state index contributed by atoms with van der Waals surface area (Å²) in [6.07, 6.45) is 4.80. The summed E-state index contributed by atoms with van der Waals surface area (Å²) in [5, 5.41) is 3.34. The lowest BCUT2D eigenvalue weighted by Gasteiger charge is -2.16. The SMILES string of the molecule is COc1cc(NC2CCCC2)c(N)cc1F. The molecule has 88 valence electrons. The van der Waals surface area contributed by atoms with Crippen LogP contribution in [-0.4, -0.2) is 13.2 Å². The second-order valence-corrected chi connectivity index (χ2v) is 4.20. The summed E-state index contributed by atoms with van der Waals surface area (Å²) in [4.78, 5) is 0. The Morgan fingerprint density at radius 3 is 2.69 bits per heavy atom. The van der Waals surface area contributed by atoms with Gasteiger partial charge in [0.25, 0.3) is 0 Å². The summed E-state index contributed by atoms with van der Waals surface area (Å²) in [5.41, 5.74) is 6.97. The van der Waals surface area contributed by atoms with Crippen molar-refractivity contribution in [1.29, 1.82) is 0 Å². The van der Waals surface area contributed by atoms with E-state index in [9.17, 15) is 4.39 Å². The van der Waals surface area contributed by atoms with Gasteiger partial charge in [-0.15, -0.1) is 0 Å². The minimum absolute atomic E-state index is 0.231. The summed E-state index contributed by atoms with van der Waals surface area (Å²) in [7, 11) is 1.45. The number of methoxy groups -OCH3 is 1. The molecule has 2 rings (SSSR count). The fourth-order valence-corrected chi connectivity index (χ4v) is 2.14. The molecule has 0 aromatic heterocycles. The van der Waals surface area contributed by atoms with Crippen LogP contribution in [0.25, 0.3) is 0 Å². The van der Waals surface area contributed by atoms with Crippen LogP contribution < -0.4 is 15.8 Å². The van der Waals surface area contributed by atoms with Crippen molar-refractivity contribution in [2.45, 2.75) is 31.7 Å². The van der Waals surface area contributed by atoms with E-state index in [-0.39, 0.29) is 5.75 Å². The number of hydrogen-bond acceptors (Lipinski definition) is 3. The first-order valence-electron chi connectivity index (χ1n) is 5.60. The molecule has 0 atom stereocenters. The molecule has 0 radical (unpaired) electrons. The third-order valence-electron chi connectivity index (χ3n) is 3.04. The van der Waals surface area contributed by atoms with E-state index in [1.165, 1.54) is 26.0 Å². The Balaban J connectivity index is 2.18. The molecular weight excluding hydrogens is 207 g/mol. The molecule has 4 heteroatoms. The lowest BCUT2D eigenvalue weighted by atomic mass is 10.2. The molecule has 0 unspecified atom stereocenters. The van der Waals surface area contributed by atoms with E-state index in [0.29, 0.717) is 11.7 Å². The lowest BCUT2D eigenvalue weighted by Crippen LogP contribution is -2.15. The predicted octanol–water partition coefficient (Wildman–Crippen LogP) is 2.77. The molecule has 3 nitrogen and oxygen atoms in total. The summed E-state index contributed by atoms with van der Waals surface area (Å²) in [6, 6.07) is 3.39. The van der Waals surface area contributed by atoms with Crippen molar-refractivity contribution in [2.24, 2.45) is 0 Å². The van der Waals surface area contributed by atoms with Crippen LogP contribution in [-0.2, 0) is 0 Å². The lowest BCUT2D eigenvalue weighted by molar-refractivity contribution is 0.387. The van der Waals surface area contributed by atoms with Crippen LogP contribution in [0.4, 0.5) is 15.8 Å². The van der Waals surface area contributed by atoms with Gasteiger partial charge in [-0.3, -0.25) is 0 Å². The van der Waals surface area contributed by atoms with Gasteiger partial charge in [-0.05, 0) is 12.8 Å². The van der Waals surface area contributed by atoms with Crippen LogP contribution in [0.15, 0.2) is 12.1 Å². The Morgan fingerprint density at radius 1 is 1.38 bits per heavy atom. The van der Waals surface area contributed by atoms with Crippen molar-refractivity contribution in [3.05, 3.63) is 17.9 Å². The number of ether oxygens (including phenoxy) is 1. The van der Waals surface area contributed by atoms with Crippen molar-refractivity contribution >= 4 is 11.4 Å². The van der Waals surface area contributed by atoms with Gasteiger partial charge in [0, 0.05) is 18.2 Å². The standard InChI is InChI=1S/C12H17FN2O/c1-16-12-7-11(10(14)6-9(12)13)15-8-4-2-3-5-8/h6-8,15H,2-5,14H2,1H3. The van der Waals surface area contributed by atoms with Crippen molar-refractivity contribution in [3.8, 4) is 5.75 Å². The maximum atomic E-state index is 13.3. The Morgan fingerprint density at radius 2 is 2.06 bits per heavy atom. The molecule has 0 spiro atoms. The number of halogens is 1. The maximum Gasteiger partial charge on any atom is 0.167 e. The fraction of sp³-hybridized carbons (Fsp3) is 0.500. The van der Waals surface area contributed by atoms with Crippen molar-refractivity contribution in [2.75, 3.05) is 18.2 Å². The summed E-state index contributed by atoms with van der Waals surface area (Å²) in [5.74, 6) is -0.188. The highest BCUT2D eigenvalue weighted by Crippen LogP contribution is 2.30. The second-order valence-electron chi connectivity index (χ2n) is 4.20. The van der Waals surface area contributed by atoms with Gasteiger partial charge in [0.2, 0.25) is 0 Å². The molecule has 1 aliphatic carbocycles. The third kappa shape index (κ3) is 2.21. The van der Waals surface area contributed by atoms with Crippen molar-refractivity contribution < 1.29 is 9.13 Å². The average molecular weight is 224 g/mol. The van der Waals surface area contributed by atoms with Crippen LogP contribution in [0, 0.1) is 5.82 Å². The van der Waals surface area contributed by atoms with Crippen molar-refractivity contribution in [3.63, 3.8) is 0 Å². The quantitative estimate of drug-likeness (QED) is 0.776. The van der Waals surface area contributed by atoms with E-state index >= 15 is 0 Å². The molecular formula is C12H17FN2O. The van der Waals surface area contributed by atoms with E-state index in [1.54, 1.807) is 6.07 Å². The summed E-state index contributed by atoms with van der Waals surface area (Å²) in [6.45, 7) is 0. The van der Waals surface area contributed by atoms with Gasteiger partial charge in [0.05, 0.1) is 18.5 Å². The van der Waals surface area contributed by atoms with Crippen LogP contribution in [0.1, 0.15) is 25.7 Å². The van der Waals surface area contributed by atoms with Gasteiger partial charge in [-0.25, -0.2) is 4.39 Å². The Labute approximate surface area is 94.8 Å². The number of hydrogen-bond donors (Lipinski definition) is 2. The average Bonchev–Trinajstić information content (AvgIpc) is 2.75. The second kappa shape index (κ2) is 4.60. The van der Waals surface area contributed by atoms with Gasteiger partial charge in [0.1, 0.15) is 0 Å². The Hall–Kier alpha value is -1.45. The number of rotatable bonds is 3. The zero-order valence-electron chi connectivity index (χ0n) is 9.42.